The maximum absolute atomic E-state index is 5.63. The van der Waals surface area contributed by atoms with Gasteiger partial charge in [0.2, 0.25) is 5.65 Å². The first kappa shape index (κ1) is 12.0. The van der Waals surface area contributed by atoms with E-state index in [9.17, 15) is 0 Å². The Labute approximate surface area is 120 Å². The fraction of sp³-hybridized carbons (Fsp3) is 0.200. The van der Waals surface area contributed by atoms with Crippen LogP contribution in [0.25, 0.3) is 16.9 Å². The average Bonchev–Trinajstić information content (AvgIpc) is 2.98. The van der Waals surface area contributed by atoms with Gasteiger partial charge >= 0.3 is 0 Å². The van der Waals surface area contributed by atoms with Gasteiger partial charge in [-0.25, -0.2) is 9.97 Å². The monoisotopic (exact) mass is 283 g/mol. The molecule has 1 aliphatic rings. The zero-order valence-corrected chi connectivity index (χ0v) is 11.4. The third kappa shape index (κ3) is 1.87. The Kier molecular flexibility index (Phi) is 2.67. The molecule has 6 heteroatoms. The Hall–Kier alpha value is -2.76. The first-order valence-electron chi connectivity index (χ1n) is 6.63. The van der Waals surface area contributed by atoms with Crippen molar-refractivity contribution in [3.05, 3.63) is 36.8 Å². The number of benzene rings is 1. The summed E-state index contributed by atoms with van der Waals surface area (Å²) in [4.78, 5) is 8.53. The number of nitrogens with zero attached hydrogens (tertiary/aromatic N) is 3. The van der Waals surface area contributed by atoms with E-state index < -0.39 is 0 Å². The van der Waals surface area contributed by atoms with Crippen molar-refractivity contribution in [3.63, 3.8) is 0 Å². The second-order valence-corrected chi connectivity index (χ2v) is 4.63. The molecule has 3 aromatic rings. The maximum Gasteiger partial charge on any atom is 0.258 e. The highest BCUT2D eigenvalue weighted by molar-refractivity contribution is 5.68. The minimum atomic E-state index is 0.501. The van der Waals surface area contributed by atoms with Crippen LogP contribution in [0.2, 0.25) is 0 Å². The van der Waals surface area contributed by atoms with E-state index in [-0.39, 0.29) is 0 Å². The summed E-state index contributed by atoms with van der Waals surface area (Å²) in [6.07, 6.45) is 5.34. The molecule has 0 saturated heterocycles. The van der Waals surface area contributed by atoms with Crippen molar-refractivity contribution in [2.45, 2.75) is 0 Å². The summed E-state index contributed by atoms with van der Waals surface area (Å²) in [5.41, 5.74) is 2.63. The van der Waals surface area contributed by atoms with Gasteiger partial charge in [0.25, 0.3) is 5.88 Å². The van der Waals surface area contributed by atoms with E-state index in [1.807, 2.05) is 28.8 Å². The van der Waals surface area contributed by atoms with Crippen molar-refractivity contribution in [1.82, 2.24) is 14.4 Å². The zero-order chi connectivity index (χ0) is 14.2. The van der Waals surface area contributed by atoms with Gasteiger partial charge in [-0.15, -0.1) is 0 Å². The van der Waals surface area contributed by atoms with E-state index in [0.29, 0.717) is 24.7 Å². The lowest BCUT2D eigenvalue weighted by molar-refractivity contribution is 0.171. The smallest absolute Gasteiger partial charge is 0.258 e. The molecular formula is C15H13N3O3. The van der Waals surface area contributed by atoms with Gasteiger partial charge < -0.3 is 14.2 Å². The number of hydrogen-bond acceptors (Lipinski definition) is 5. The number of imidazole rings is 1. The van der Waals surface area contributed by atoms with Gasteiger partial charge in [-0.1, -0.05) is 0 Å². The number of ether oxygens (including phenoxy) is 3. The summed E-state index contributed by atoms with van der Waals surface area (Å²) < 4.78 is 18.3. The standard InChI is InChI=1S/C15H13N3O3/c1-19-15-14-17-9-11(18(14)5-4-16-15)10-2-3-12-13(8-10)21-7-6-20-12/h2-5,8-9H,6-7H2,1H3. The number of aromatic nitrogens is 3. The molecule has 0 N–H and O–H groups in total. The van der Waals surface area contributed by atoms with Crippen LogP contribution in [0.15, 0.2) is 36.8 Å². The van der Waals surface area contributed by atoms with Crippen molar-refractivity contribution in [3.8, 4) is 28.6 Å². The molecule has 106 valence electrons. The second kappa shape index (κ2) is 4.66. The lowest BCUT2D eigenvalue weighted by Gasteiger charge is -2.18. The molecule has 0 bridgehead atoms. The summed E-state index contributed by atoms with van der Waals surface area (Å²) in [5, 5.41) is 0. The Morgan fingerprint density at radius 2 is 2.00 bits per heavy atom. The third-order valence-corrected chi connectivity index (χ3v) is 3.43. The number of methoxy groups -OCH3 is 1. The minimum Gasteiger partial charge on any atom is -0.486 e. The van der Waals surface area contributed by atoms with Crippen LogP contribution in [0.4, 0.5) is 0 Å². The number of fused-ring (bicyclic) bond motifs is 2. The van der Waals surface area contributed by atoms with E-state index in [1.165, 1.54) is 0 Å². The van der Waals surface area contributed by atoms with Crippen LogP contribution < -0.4 is 14.2 Å². The van der Waals surface area contributed by atoms with Gasteiger partial charge in [-0.05, 0) is 18.2 Å². The Balaban J connectivity index is 1.87. The van der Waals surface area contributed by atoms with Gasteiger partial charge in [0.15, 0.2) is 11.5 Å². The maximum atomic E-state index is 5.63. The molecule has 1 aromatic carbocycles. The molecule has 21 heavy (non-hydrogen) atoms. The molecule has 6 nitrogen and oxygen atoms in total. The van der Waals surface area contributed by atoms with Crippen molar-refractivity contribution >= 4 is 5.65 Å². The van der Waals surface area contributed by atoms with Crippen molar-refractivity contribution in [2.24, 2.45) is 0 Å². The van der Waals surface area contributed by atoms with Crippen LogP contribution in [0.5, 0.6) is 17.4 Å². The lowest BCUT2D eigenvalue weighted by atomic mass is 10.1. The Morgan fingerprint density at radius 1 is 1.14 bits per heavy atom. The Bertz CT molecular complexity index is 813. The summed E-state index contributed by atoms with van der Waals surface area (Å²) in [6.45, 7) is 1.16. The minimum absolute atomic E-state index is 0.501. The summed E-state index contributed by atoms with van der Waals surface area (Å²) >= 11 is 0. The summed E-state index contributed by atoms with van der Waals surface area (Å²) in [6, 6.07) is 5.87. The van der Waals surface area contributed by atoms with Crippen LogP contribution in [0.1, 0.15) is 0 Å². The van der Waals surface area contributed by atoms with Gasteiger partial charge in [0.1, 0.15) is 13.2 Å². The molecule has 0 fully saturated rings. The first-order chi connectivity index (χ1) is 10.4. The molecule has 0 radical (unpaired) electrons. The van der Waals surface area contributed by atoms with E-state index in [0.717, 1.165) is 22.8 Å². The van der Waals surface area contributed by atoms with Crippen molar-refractivity contribution in [2.75, 3.05) is 20.3 Å². The van der Waals surface area contributed by atoms with Gasteiger partial charge in [0, 0.05) is 18.0 Å². The van der Waals surface area contributed by atoms with Crippen LogP contribution >= 0.6 is 0 Å². The first-order valence-corrected chi connectivity index (χ1v) is 6.63. The lowest BCUT2D eigenvalue weighted by Crippen LogP contribution is -2.15. The highest BCUT2D eigenvalue weighted by atomic mass is 16.6. The molecule has 1 aliphatic heterocycles. The fourth-order valence-corrected chi connectivity index (χ4v) is 2.46. The zero-order valence-electron chi connectivity index (χ0n) is 11.4. The molecule has 3 heterocycles. The third-order valence-electron chi connectivity index (χ3n) is 3.43. The molecule has 0 aliphatic carbocycles. The van der Waals surface area contributed by atoms with Crippen LogP contribution in [0.3, 0.4) is 0 Å². The quantitative estimate of drug-likeness (QED) is 0.721. The van der Waals surface area contributed by atoms with Gasteiger partial charge in [-0.2, -0.15) is 0 Å². The largest absolute Gasteiger partial charge is 0.486 e. The molecule has 2 aromatic heterocycles. The summed E-state index contributed by atoms with van der Waals surface area (Å²) in [5.74, 6) is 2.04. The SMILES string of the molecule is COc1nccn2c(-c3ccc4c(c3)OCCO4)cnc12. The van der Waals surface area contributed by atoms with E-state index in [2.05, 4.69) is 9.97 Å². The average molecular weight is 283 g/mol. The topological polar surface area (TPSA) is 57.9 Å². The highest BCUT2D eigenvalue weighted by Gasteiger charge is 2.15. The van der Waals surface area contributed by atoms with Gasteiger partial charge in [-0.3, -0.25) is 4.40 Å². The molecule has 0 amide bonds. The molecular weight excluding hydrogens is 270 g/mol. The van der Waals surface area contributed by atoms with Crippen molar-refractivity contribution < 1.29 is 14.2 Å². The van der Waals surface area contributed by atoms with Crippen LogP contribution in [-0.2, 0) is 0 Å². The summed E-state index contributed by atoms with van der Waals surface area (Å²) in [7, 11) is 1.58. The van der Waals surface area contributed by atoms with Crippen LogP contribution in [-0.4, -0.2) is 34.7 Å². The molecule has 0 unspecified atom stereocenters. The van der Waals surface area contributed by atoms with Crippen molar-refractivity contribution in [1.29, 1.82) is 0 Å². The van der Waals surface area contributed by atoms with E-state index in [4.69, 9.17) is 14.2 Å². The second-order valence-electron chi connectivity index (χ2n) is 4.63. The number of rotatable bonds is 2. The molecule has 0 saturated carbocycles. The molecule has 4 rings (SSSR count). The Morgan fingerprint density at radius 3 is 2.86 bits per heavy atom. The van der Waals surface area contributed by atoms with Crippen LogP contribution in [0, 0.1) is 0 Å². The molecule has 0 spiro atoms. The van der Waals surface area contributed by atoms with E-state index in [1.54, 1.807) is 19.5 Å². The molecule has 0 atom stereocenters. The highest BCUT2D eigenvalue weighted by Crippen LogP contribution is 2.35. The predicted octanol–water partition coefficient (Wildman–Crippen LogP) is 2.18. The van der Waals surface area contributed by atoms with E-state index >= 15 is 0 Å². The van der Waals surface area contributed by atoms with Gasteiger partial charge in [0.05, 0.1) is 19.0 Å². The normalized spacial score (nSPS) is 13.4. The fourth-order valence-electron chi connectivity index (χ4n) is 2.46. The predicted molar refractivity (Wildman–Crippen MR) is 76.0 cm³/mol. The number of hydrogen-bond donors (Lipinski definition) is 0.